The van der Waals surface area contributed by atoms with Crippen molar-refractivity contribution < 1.29 is 5.11 Å². The van der Waals surface area contributed by atoms with Gasteiger partial charge >= 0.3 is 0 Å². The maximum absolute atomic E-state index is 9.89. The van der Waals surface area contributed by atoms with Gasteiger partial charge < -0.3 is 10.4 Å². The van der Waals surface area contributed by atoms with Crippen molar-refractivity contribution in [3.05, 3.63) is 15.6 Å². The van der Waals surface area contributed by atoms with Gasteiger partial charge in [-0.05, 0) is 33.1 Å². The van der Waals surface area contributed by atoms with E-state index < -0.39 is 5.60 Å². The summed E-state index contributed by atoms with van der Waals surface area (Å²) in [5.41, 5.74) is 0.693. The lowest BCUT2D eigenvalue weighted by Crippen LogP contribution is -2.45. The topological polar surface area (TPSA) is 45.2 Å². The predicted octanol–water partition coefficient (Wildman–Crippen LogP) is 1.76. The van der Waals surface area contributed by atoms with Crippen LogP contribution in [0.25, 0.3) is 0 Å². The van der Waals surface area contributed by atoms with E-state index in [1.807, 2.05) is 13.8 Å². The monoisotopic (exact) mass is 226 g/mol. The molecular formula is C11H18N2OS. The van der Waals surface area contributed by atoms with Crippen LogP contribution >= 0.6 is 11.3 Å². The highest BCUT2D eigenvalue weighted by Gasteiger charge is 2.33. The molecule has 1 aliphatic carbocycles. The van der Waals surface area contributed by atoms with Crippen molar-refractivity contribution in [2.24, 2.45) is 0 Å². The Bertz CT molecular complexity index is 344. The molecule has 0 aromatic carbocycles. The van der Waals surface area contributed by atoms with Crippen molar-refractivity contribution in [1.82, 2.24) is 10.3 Å². The van der Waals surface area contributed by atoms with Crippen LogP contribution < -0.4 is 5.32 Å². The van der Waals surface area contributed by atoms with Crippen molar-refractivity contribution >= 4 is 11.3 Å². The van der Waals surface area contributed by atoms with Gasteiger partial charge in [0.25, 0.3) is 0 Å². The third-order valence-electron chi connectivity index (χ3n) is 3.02. The van der Waals surface area contributed by atoms with E-state index in [0.29, 0.717) is 6.54 Å². The van der Waals surface area contributed by atoms with Gasteiger partial charge in [-0.1, -0.05) is 0 Å². The van der Waals surface area contributed by atoms with Gasteiger partial charge in [-0.15, -0.1) is 11.3 Å². The molecule has 0 radical (unpaired) electrons. The van der Waals surface area contributed by atoms with E-state index in [4.69, 9.17) is 0 Å². The number of thiazole rings is 1. The van der Waals surface area contributed by atoms with Crippen LogP contribution in [0.15, 0.2) is 0 Å². The van der Waals surface area contributed by atoms with Crippen molar-refractivity contribution in [2.45, 2.75) is 45.3 Å². The Morgan fingerprint density at radius 1 is 1.47 bits per heavy atom. The molecule has 1 heterocycles. The number of aromatic nitrogens is 1. The Morgan fingerprint density at radius 2 is 2.20 bits per heavy atom. The Morgan fingerprint density at radius 3 is 2.67 bits per heavy atom. The van der Waals surface area contributed by atoms with Gasteiger partial charge in [0.1, 0.15) is 0 Å². The summed E-state index contributed by atoms with van der Waals surface area (Å²) in [6, 6.07) is 0. The van der Waals surface area contributed by atoms with Crippen LogP contribution in [0.4, 0.5) is 0 Å². The van der Waals surface area contributed by atoms with Crippen LogP contribution in [0, 0.1) is 13.8 Å². The largest absolute Gasteiger partial charge is 0.389 e. The van der Waals surface area contributed by atoms with E-state index >= 15 is 0 Å². The molecule has 1 fully saturated rings. The summed E-state index contributed by atoms with van der Waals surface area (Å²) in [6.45, 7) is 5.61. The summed E-state index contributed by atoms with van der Waals surface area (Å²) >= 11 is 1.74. The molecule has 0 spiro atoms. The first kappa shape index (κ1) is 11.0. The summed E-state index contributed by atoms with van der Waals surface area (Å²) in [6.07, 6.45) is 3.05. The minimum absolute atomic E-state index is 0.423. The molecule has 15 heavy (non-hydrogen) atoms. The summed E-state index contributed by atoms with van der Waals surface area (Å²) in [7, 11) is 0. The van der Waals surface area contributed by atoms with Crippen molar-refractivity contribution in [3.63, 3.8) is 0 Å². The van der Waals surface area contributed by atoms with Gasteiger partial charge in [-0.3, -0.25) is 0 Å². The van der Waals surface area contributed by atoms with E-state index in [1.165, 1.54) is 4.88 Å². The Hall–Kier alpha value is -0.450. The molecule has 0 saturated heterocycles. The molecule has 1 aliphatic rings. The molecule has 1 aromatic heterocycles. The van der Waals surface area contributed by atoms with E-state index in [-0.39, 0.29) is 0 Å². The normalized spacial score (nSPS) is 18.9. The fraction of sp³-hybridized carbons (Fsp3) is 0.727. The SMILES string of the molecule is Cc1nc(C)c(CNCC2(O)CCC2)s1. The Kier molecular flexibility index (Phi) is 3.09. The first-order valence-corrected chi connectivity index (χ1v) is 6.27. The van der Waals surface area contributed by atoms with Gasteiger partial charge in [-0.2, -0.15) is 0 Å². The Labute approximate surface area is 94.5 Å². The molecule has 84 valence electrons. The van der Waals surface area contributed by atoms with Crippen LogP contribution in [-0.2, 0) is 6.54 Å². The van der Waals surface area contributed by atoms with Crippen LogP contribution in [0.5, 0.6) is 0 Å². The molecule has 0 amide bonds. The van der Waals surface area contributed by atoms with Crippen LogP contribution in [-0.4, -0.2) is 22.2 Å². The molecule has 1 aromatic rings. The van der Waals surface area contributed by atoms with Gasteiger partial charge in [0, 0.05) is 18.0 Å². The maximum atomic E-state index is 9.89. The first-order valence-electron chi connectivity index (χ1n) is 5.45. The van der Waals surface area contributed by atoms with Crippen LogP contribution in [0.1, 0.15) is 34.8 Å². The smallest absolute Gasteiger partial charge is 0.0900 e. The molecule has 0 atom stereocenters. The van der Waals surface area contributed by atoms with Gasteiger partial charge in [0.05, 0.1) is 16.3 Å². The number of rotatable bonds is 4. The predicted molar refractivity (Wildman–Crippen MR) is 62.1 cm³/mol. The van der Waals surface area contributed by atoms with Gasteiger partial charge in [-0.25, -0.2) is 4.98 Å². The molecule has 3 nitrogen and oxygen atoms in total. The standard InChI is InChI=1S/C11H18N2OS/c1-8-10(15-9(2)13-8)6-12-7-11(14)4-3-5-11/h12,14H,3-7H2,1-2H3. The molecule has 0 aliphatic heterocycles. The second-order valence-electron chi connectivity index (χ2n) is 4.42. The highest BCUT2D eigenvalue weighted by molar-refractivity contribution is 7.11. The highest BCUT2D eigenvalue weighted by atomic mass is 32.1. The summed E-state index contributed by atoms with van der Waals surface area (Å²) < 4.78 is 0. The van der Waals surface area contributed by atoms with E-state index in [0.717, 1.165) is 36.5 Å². The summed E-state index contributed by atoms with van der Waals surface area (Å²) in [5.74, 6) is 0. The maximum Gasteiger partial charge on any atom is 0.0900 e. The quantitative estimate of drug-likeness (QED) is 0.822. The zero-order chi connectivity index (χ0) is 10.9. The number of hydrogen-bond donors (Lipinski definition) is 2. The molecule has 0 unspecified atom stereocenters. The van der Waals surface area contributed by atoms with E-state index in [2.05, 4.69) is 10.3 Å². The average Bonchev–Trinajstić information content (AvgIpc) is 2.42. The minimum Gasteiger partial charge on any atom is -0.389 e. The molecule has 1 saturated carbocycles. The number of hydrogen-bond acceptors (Lipinski definition) is 4. The van der Waals surface area contributed by atoms with Crippen LogP contribution in [0.3, 0.4) is 0 Å². The second-order valence-corrected chi connectivity index (χ2v) is 5.71. The molecular weight excluding hydrogens is 208 g/mol. The lowest BCUT2D eigenvalue weighted by molar-refractivity contribution is -0.0314. The number of nitrogens with one attached hydrogen (secondary N) is 1. The fourth-order valence-electron chi connectivity index (χ4n) is 1.91. The third-order valence-corrected chi connectivity index (χ3v) is 4.10. The van der Waals surface area contributed by atoms with E-state index in [9.17, 15) is 5.11 Å². The van der Waals surface area contributed by atoms with Gasteiger partial charge in [0.15, 0.2) is 0 Å². The highest BCUT2D eigenvalue weighted by Crippen LogP contribution is 2.30. The number of aryl methyl sites for hydroxylation is 2. The van der Waals surface area contributed by atoms with Crippen molar-refractivity contribution in [2.75, 3.05) is 6.54 Å². The van der Waals surface area contributed by atoms with Crippen molar-refractivity contribution in [1.29, 1.82) is 0 Å². The summed E-state index contributed by atoms with van der Waals surface area (Å²) in [4.78, 5) is 5.66. The minimum atomic E-state index is -0.423. The van der Waals surface area contributed by atoms with E-state index in [1.54, 1.807) is 11.3 Å². The summed E-state index contributed by atoms with van der Waals surface area (Å²) in [5, 5.41) is 14.3. The number of aliphatic hydroxyl groups is 1. The zero-order valence-corrected chi connectivity index (χ0v) is 10.2. The lowest BCUT2D eigenvalue weighted by atomic mass is 9.80. The van der Waals surface area contributed by atoms with Gasteiger partial charge in [0.2, 0.25) is 0 Å². The molecule has 2 rings (SSSR count). The molecule has 2 N–H and O–H groups in total. The van der Waals surface area contributed by atoms with Crippen molar-refractivity contribution in [3.8, 4) is 0 Å². The lowest BCUT2D eigenvalue weighted by Gasteiger charge is -2.36. The fourth-order valence-corrected chi connectivity index (χ4v) is 2.81. The molecule has 4 heteroatoms. The first-order chi connectivity index (χ1) is 7.09. The third kappa shape index (κ3) is 2.56. The van der Waals surface area contributed by atoms with Crippen LogP contribution in [0.2, 0.25) is 0 Å². The molecule has 0 bridgehead atoms. The number of nitrogens with zero attached hydrogens (tertiary/aromatic N) is 1. The Balaban J connectivity index is 1.80. The zero-order valence-electron chi connectivity index (χ0n) is 9.34. The average molecular weight is 226 g/mol. The second kappa shape index (κ2) is 4.20.